The Hall–Kier alpha value is -0.120. The van der Waals surface area contributed by atoms with Gasteiger partial charge in [-0.15, -0.1) is 0 Å². The first-order valence-corrected chi connectivity index (χ1v) is 9.93. The summed E-state index contributed by atoms with van der Waals surface area (Å²) in [6, 6.07) is 1.16. The van der Waals surface area contributed by atoms with E-state index in [2.05, 4.69) is 17.1 Å². The molecule has 0 spiro atoms. The highest BCUT2D eigenvalue weighted by molar-refractivity contribution is 5.00. The molecule has 0 aromatic heterocycles. The summed E-state index contributed by atoms with van der Waals surface area (Å²) in [5.74, 6) is 3.07. The van der Waals surface area contributed by atoms with Crippen LogP contribution < -0.4 is 5.32 Å². The molecule has 4 heterocycles. The first-order chi connectivity index (χ1) is 10.8. The molecule has 3 nitrogen and oxygen atoms in total. The highest BCUT2D eigenvalue weighted by atomic mass is 16.3. The smallest absolute Gasteiger partial charge is 0.0727 e. The number of aliphatic hydroxyl groups is 1. The predicted molar refractivity (Wildman–Crippen MR) is 89.7 cm³/mol. The number of aliphatic hydroxyl groups excluding tert-OH is 1. The van der Waals surface area contributed by atoms with Crippen molar-refractivity contribution in [3.63, 3.8) is 0 Å². The molecule has 5 aliphatic rings. The molecule has 4 aliphatic heterocycles. The Kier molecular flexibility index (Phi) is 4.49. The van der Waals surface area contributed by atoms with Crippen LogP contribution in [0.25, 0.3) is 0 Å². The number of piperidine rings is 4. The van der Waals surface area contributed by atoms with Crippen LogP contribution in [0.4, 0.5) is 0 Å². The van der Waals surface area contributed by atoms with Crippen molar-refractivity contribution < 1.29 is 5.11 Å². The monoisotopic (exact) mass is 306 g/mol. The summed E-state index contributed by atoms with van der Waals surface area (Å²) in [4.78, 5) is 2.65. The summed E-state index contributed by atoms with van der Waals surface area (Å²) < 4.78 is 0. The van der Waals surface area contributed by atoms with Gasteiger partial charge in [0.15, 0.2) is 0 Å². The normalized spacial score (nSPS) is 49.6. The molecule has 5 fully saturated rings. The van der Waals surface area contributed by atoms with Gasteiger partial charge in [0.2, 0.25) is 0 Å². The Morgan fingerprint density at radius 3 is 2.82 bits per heavy atom. The number of rotatable bonds is 3. The van der Waals surface area contributed by atoms with Gasteiger partial charge >= 0.3 is 0 Å². The van der Waals surface area contributed by atoms with Crippen LogP contribution in [-0.4, -0.2) is 47.8 Å². The van der Waals surface area contributed by atoms with Crippen molar-refractivity contribution >= 4 is 0 Å². The second-order valence-electron chi connectivity index (χ2n) is 8.47. The molecule has 3 heteroatoms. The van der Waals surface area contributed by atoms with Crippen LogP contribution in [0.3, 0.4) is 0 Å². The lowest BCUT2D eigenvalue weighted by Gasteiger charge is -2.54. The number of nitrogens with zero attached hydrogens (tertiary/aromatic N) is 1. The average molecular weight is 306 g/mol. The second kappa shape index (κ2) is 6.41. The van der Waals surface area contributed by atoms with Gasteiger partial charge < -0.3 is 10.4 Å². The lowest BCUT2D eigenvalue weighted by molar-refractivity contribution is -0.0924. The summed E-state index contributed by atoms with van der Waals surface area (Å²) in [6.07, 6.45) is 10.5. The molecule has 0 radical (unpaired) electrons. The van der Waals surface area contributed by atoms with Gasteiger partial charge in [0.25, 0.3) is 0 Å². The lowest BCUT2D eigenvalue weighted by Crippen LogP contribution is -2.61. The number of nitrogens with one attached hydrogen (secondary N) is 1. The first-order valence-electron chi connectivity index (χ1n) is 9.93. The van der Waals surface area contributed by atoms with Crippen LogP contribution in [0.2, 0.25) is 0 Å². The maximum Gasteiger partial charge on any atom is 0.0727 e. The fourth-order valence-electron chi connectivity index (χ4n) is 6.28. The topological polar surface area (TPSA) is 35.5 Å². The van der Waals surface area contributed by atoms with Gasteiger partial charge in [-0.1, -0.05) is 26.2 Å². The van der Waals surface area contributed by atoms with E-state index in [1.54, 1.807) is 0 Å². The number of fused-ring (bicyclic) bond motifs is 4. The van der Waals surface area contributed by atoms with E-state index >= 15 is 0 Å². The van der Waals surface area contributed by atoms with E-state index in [1.165, 1.54) is 64.5 Å². The van der Waals surface area contributed by atoms with Crippen LogP contribution in [0, 0.1) is 23.7 Å². The first kappa shape index (κ1) is 15.4. The third-order valence-electron chi connectivity index (χ3n) is 7.55. The molecule has 3 unspecified atom stereocenters. The van der Waals surface area contributed by atoms with Crippen molar-refractivity contribution in [3.05, 3.63) is 0 Å². The number of hydrogen-bond donors (Lipinski definition) is 2. The van der Waals surface area contributed by atoms with E-state index in [9.17, 15) is 5.11 Å². The zero-order valence-electron chi connectivity index (χ0n) is 14.2. The molecule has 0 amide bonds. The minimum absolute atomic E-state index is 0.0756. The molecule has 0 aromatic rings. The summed E-state index contributed by atoms with van der Waals surface area (Å²) in [5, 5.41) is 15.0. The number of hydrogen-bond acceptors (Lipinski definition) is 3. The molecule has 22 heavy (non-hydrogen) atoms. The Morgan fingerprint density at radius 1 is 1.18 bits per heavy atom. The SMILES string of the molecule is CC[C@H]1CN2CC[C@H]1C[C@H]2[C@H](O)[C@@H]1CCNC2CCCCC21. The van der Waals surface area contributed by atoms with E-state index in [0.29, 0.717) is 18.0 Å². The minimum atomic E-state index is -0.0756. The van der Waals surface area contributed by atoms with Crippen molar-refractivity contribution in [3.8, 4) is 0 Å². The Labute approximate surface area is 135 Å². The zero-order chi connectivity index (χ0) is 15.1. The van der Waals surface area contributed by atoms with Crippen LogP contribution in [-0.2, 0) is 0 Å². The maximum atomic E-state index is 11.2. The molecule has 8 atom stereocenters. The standard InChI is InChI=1S/C19H34N2O/c1-2-13-12-21-10-8-14(13)11-18(21)19(22)16-7-9-20-17-6-4-3-5-15(16)17/h13-20,22H,2-12H2,1H3/t13-,14-,15?,16+,17?,18-,19+/m0/s1. The van der Waals surface area contributed by atoms with Crippen LogP contribution in [0.15, 0.2) is 0 Å². The summed E-state index contributed by atoms with van der Waals surface area (Å²) >= 11 is 0. The van der Waals surface area contributed by atoms with Crippen molar-refractivity contribution in [2.24, 2.45) is 23.7 Å². The second-order valence-corrected chi connectivity index (χ2v) is 8.47. The third-order valence-corrected chi connectivity index (χ3v) is 7.55. The highest BCUT2D eigenvalue weighted by Gasteiger charge is 2.47. The van der Waals surface area contributed by atoms with Gasteiger partial charge in [-0.2, -0.15) is 0 Å². The molecule has 1 aliphatic carbocycles. The Balaban J connectivity index is 1.46. The third kappa shape index (κ3) is 2.63. The van der Waals surface area contributed by atoms with Crippen molar-refractivity contribution in [1.82, 2.24) is 10.2 Å². The predicted octanol–water partition coefficient (Wildman–Crippen LogP) is 2.64. The maximum absolute atomic E-state index is 11.2. The molecule has 1 saturated carbocycles. The van der Waals surface area contributed by atoms with Crippen LogP contribution in [0.1, 0.15) is 58.3 Å². The van der Waals surface area contributed by atoms with Gasteiger partial charge in [-0.3, -0.25) is 4.90 Å². The van der Waals surface area contributed by atoms with E-state index in [0.717, 1.165) is 24.3 Å². The van der Waals surface area contributed by atoms with E-state index in [1.807, 2.05) is 0 Å². The quantitative estimate of drug-likeness (QED) is 0.841. The van der Waals surface area contributed by atoms with E-state index in [4.69, 9.17) is 0 Å². The summed E-state index contributed by atoms with van der Waals surface area (Å²) in [5.41, 5.74) is 0. The van der Waals surface area contributed by atoms with E-state index < -0.39 is 0 Å². The van der Waals surface area contributed by atoms with Gasteiger partial charge in [0, 0.05) is 18.6 Å². The average Bonchev–Trinajstić information content (AvgIpc) is 2.60. The Bertz CT molecular complexity index is 386. The molecule has 2 N–H and O–H groups in total. The molecule has 126 valence electrons. The summed E-state index contributed by atoms with van der Waals surface area (Å²) in [6.45, 7) is 5.96. The van der Waals surface area contributed by atoms with Gasteiger partial charge in [-0.05, 0) is 68.9 Å². The van der Waals surface area contributed by atoms with Crippen molar-refractivity contribution in [1.29, 1.82) is 0 Å². The molecule has 4 saturated heterocycles. The molecule has 5 rings (SSSR count). The van der Waals surface area contributed by atoms with Gasteiger partial charge in [0.05, 0.1) is 6.10 Å². The molecular weight excluding hydrogens is 272 g/mol. The van der Waals surface area contributed by atoms with Gasteiger partial charge in [0.1, 0.15) is 0 Å². The van der Waals surface area contributed by atoms with E-state index in [-0.39, 0.29) is 6.10 Å². The molecule has 0 aromatic carbocycles. The largest absolute Gasteiger partial charge is 0.391 e. The lowest BCUT2D eigenvalue weighted by atomic mass is 9.66. The zero-order valence-corrected chi connectivity index (χ0v) is 14.2. The van der Waals surface area contributed by atoms with Crippen LogP contribution >= 0.6 is 0 Å². The van der Waals surface area contributed by atoms with Gasteiger partial charge in [-0.25, -0.2) is 0 Å². The minimum Gasteiger partial charge on any atom is -0.391 e. The summed E-state index contributed by atoms with van der Waals surface area (Å²) in [7, 11) is 0. The van der Waals surface area contributed by atoms with Crippen molar-refractivity contribution in [2.45, 2.75) is 76.5 Å². The Morgan fingerprint density at radius 2 is 2.05 bits per heavy atom. The molecule has 2 bridgehead atoms. The molecular formula is C19H34N2O. The van der Waals surface area contributed by atoms with Crippen LogP contribution in [0.5, 0.6) is 0 Å². The fraction of sp³-hybridized carbons (Fsp3) is 1.00. The fourth-order valence-corrected chi connectivity index (χ4v) is 6.28. The highest BCUT2D eigenvalue weighted by Crippen LogP contribution is 2.43. The van der Waals surface area contributed by atoms with Crippen molar-refractivity contribution in [2.75, 3.05) is 19.6 Å².